The number of para-hydroxylation sites is 2. The molecule has 0 spiro atoms. The van der Waals surface area contributed by atoms with Gasteiger partial charge in [0.25, 0.3) is 0 Å². The summed E-state index contributed by atoms with van der Waals surface area (Å²) in [6.07, 6.45) is 0.208. The van der Waals surface area contributed by atoms with E-state index in [1.54, 1.807) is 31.1 Å². The van der Waals surface area contributed by atoms with Crippen molar-refractivity contribution in [3.63, 3.8) is 0 Å². The van der Waals surface area contributed by atoms with Crippen LogP contribution in [0.1, 0.15) is 12.0 Å². The quantitative estimate of drug-likeness (QED) is 0.681. The molecule has 1 saturated heterocycles. The third-order valence-corrected chi connectivity index (χ3v) is 5.56. The predicted octanol–water partition coefficient (Wildman–Crippen LogP) is 3.48. The second-order valence-corrected chi connectivity index (χ2v) is 7.56. The monoisotopic (exact) mass is 446 g/mol. The zero-order valence-electron chi connectivity index (χ0n) is 16.1. The lowest BCUT2D eigenvalue weighted by molar-refractivity contribution is -0.135. The number of amides is 2. The summed E-state index contributed by atoms with van der Waals surface area (Å²) in [5.74, 6) is 0.755. The smallest absolute Gasteiger partial charge is 0.228 e. The van der Waals surface area contributed by atoms with E-state index in [1.807, 2.05) is 42.5 Å². The highest BCUT2D eigenvalue weighted by molar-refractivity contribution is 9.10. The molecule has 148 valence electrons. The Labute approximate surface area is 173 Å². The molecule has 2 aromatic rings. The number of methoxy groups -OCH3 is 2. The number of halogens is 1. The second-order valence-electron chi connectivity index (χ2n) is 6.70. The normalized spacial score (nSPS) is 16.2. The summed E-state index contributed by atoms with van der Waals surface area (Å²) in [7, 11) is 4.90. The fraction of sp³-hybridized carbons (Fsp3) is 0.333. The lowest BCUT2D eigenvalue weighted by atomic mass is 10.1. The molecule has 2 amide bonds. The molecule has 0 radical (unpaired) electrons. The molecule has 7 heteroatoms. The van der Waals surface area contributed by atoms with Crippen LogP contribution in [0.4, 0.5) is 5.69 Å². The van der Waals surface area contributed by atoms with Gasteiger partial charge in [-0.1, -0.05) is 24.3 Å². The Balaban J connectivity index is 1.73. The zero-order valence-corrected chi connectivity index (χ0v) is 17.7. The van der Waals surface area contributed by atoms with Crippen LogP contribution in [0.15, 0.2) is 46.9 Å². The van der Waals surface area contributed by atoms with Gasteiger partial charge in [0.05, 0.1) is 25.8 Å². The van der Waals surface area contributed by atoms with Crippen LogP contribution in [-0.2, 0) is 16.1 Å². The fourth-order valence-electron chi connectivity index (χ4n) is 3.50. The van der Waals surface area contributed by atoms with Crippen molar-refractivity contribution in [3.8, 4) is 11.5 Å². The van der Waals surface area contributed by atoms with E-state index in [-0.39, 0.29) is 24.2 Å². The van der Waals surface area contributed by atoms with Gasteiger partial charge in [-0.25, -0.2) is 0 Å². The summed E-state index contributed by atoms with van der Waals surface area (Å²) < 4.78 is 11.6. The minimum Gasteiger partial charge on any atom is -0.493 e. The molecule has 0 aliphatic carbocycles. The maximum atomic E-state index is 13.0. The number of carbonyl (C=O) groups is 2. The predicted molar refractivity (Wildman–Crippen MR) is 111 cm³/mol. The van der Waals surface area contributed by atoms with E-state index < -0.39 is 0 Å². The van der Waals surface area contributed by atoms with Crippen LogP contribution in [-0.4, -0.2) is 44.5 Å². The Morgan fingerprint density at radius 1 is 1.18 bits per heavy atom. The first-order chi connectivity index (χ1) is 13.5. The third kappa shape index (κ3) is 3.99. The van der Waals surface area contributed by atoms with E-state index in [4.69, 9.17) is 9.47 Å². The molecular formula is C21H23BrN2O4. The lowest BCUT2D eigenvalue weighted by Gasteiger charge is -2.23. The maximum Gasteiger partial charge on any atom is 0.228 e. The molecular weight excluding hydrogens is 424 g/mol. The van der Waals surface area contributed by atoms with Crippen LogP contribution in [0.3, 0.4) is 0 Å². The van der Waals surface area contributed by atoms with E-state index in [0.29, 0.717) is 24.6 Å². The first kappa shape index (κ1) is 20.2. The molecule has 0 aromatic heterocycles. The highest BCUT2D eigenvalue weighted by atomic mass is 79.9. The van der Waals surface area contributed by atoms with Gasteiger partial charge in [-0.15, -0.1) is 0 Å². The summed E-state index contributed by atoms with van der Waals surface area (Å²) in [6, 6.07) is 13.1. The standard InChI is InChI=1S/C21H23BrN2O4/c1-23(12-14-7-6-10-18(27-2)20(14)28-3)21(26)15-11-19(25)24(13-15)17-9-5-4-8-16(17)22/h4-10,15H,11-13H2,1-3H3/t15-/m1/s1. The molecule has 1 heterocycles. The lowest BCUT2D eigenvalue weighted by Crippen LogP contribution is -2.34. The summed E-state index contributed by atoms with van der Waals surface area (Å²) in [6.45, 7) is 0.749. The number of nitrogens with zero attached hydrogens (tertiary/aromatic N) is 2. The number of rotatable bonds is 6. The van der Waals surface area contributed by atoms with Crippen molar-refractivity contribution in [1.82, 2.24) is 4.90 Å². The minimum absolute atomic E-state index is 0.0439. The van der Waals surface area contributed by atoms with Crippen LogP contribution >= 0.6 is 15.9 Å². The second kappa shape index (κ2) is 8.65. The number of hydrogen-bond acceptors (Lipinski definition) is 4. The molecule has 0 unspecified atom stereocenters. The number of carbonyl (C=O) groups excluding carboxylic acids is 2. The summed E-state index contributed by atoms with van der Waals surface area (Å²) >= 11 is 3.48. The molecule has 1 aliphatic heterocycles. The van der Waals surface area contributed by atoms with Crippen LogP contribution in [0.25, 0.3) is 0 Å². The Hall–Kier alpha value is -2.54. The molecule has 0 N–H and O–H groups in total. The number of benzene rings is 2. The van der Waals surface area contributed by atoms with Gasteiger partial charge in [0, 0.05) is 36.6 Å². The molecule has 3 rings (SSSR count). The van der Waals surface area contributed by atoms with Gasteiger partial charge in [-0.05, 0) is 34.1 Å². The molecule has 2 aromatic carbocycles. The Bertz CT molecular complexity index is 886. The number of ether oxygens (including phenoxy) is 2. The van der Waals surface area contributed by atoms with Crippen molar-refractivity contribution in [2.45, 2.75) is 13.0 Å². The van der Waals surface area contributed by atoms with E-state index in [9.17, 15) is 9.59 Å². The van der Waals surface area contributed by atoms with Gasteiger partial charge in [-0.2, -0.15) is 0 Å². The molecule has 1 aliphatic rings. The van der Waals surface area contributed by atoms with Gasteiger partial charge < -0.3 is 19.3 Å². The van der Waals surface area contributed by atoms with Gasteiger partial charge in [0.15, 0.2) is 11.5 Å². The molecule has 28 heavy (non-hydrogen) atoms. The Morgan fingerprint density at radius 2 is 1.93 bits per heavy atom. The topological polar surface area (TPSA) is 59.1 Å². The van der Waals surface area contributed by atoms with Gasteiger partial charge in [0.1, 0.15) is 0 Å². The van der Waals surface area contributed by atoms with Gasteiger partial charge in [-0.3, -0.25) is 9.59 Å². The van der Waals surface area contributed by atoms with Gasteiger partial charge in [0.2, 0.25) is 11.8 Å². The molecule has 6 nitrogen and oxygen atoms in total. The Morgan fingerprint density at radius 3 is 2.61 bits per heavy atom. The van der Waals surface area contributed by atoms with Gasteiger partial charge >= 0.3 is 0 Å². The first-order valence-corrected chi connectivity index (χ1v) is 9.75. The highest BCUT2D eigenvalue weighted by Gasteiger charge is 2.37. The summed E-state index contributed by atoms with van der Waals surface area (Å²) in [5, 5.41) is 0. The molecule has 0 bridgehead atoms. The third-order valence-electron chi connectivity index (χ3n) is 4.89. The van der Waals surface area contributed by atoms with Crippen LogP contribution in [0.2, 0.25) is 0 Å². The van der Waals surface area contributed by atoms with Crippen LogP contribution in [0.5, 0.6) is 11.5 Å². The summed E-state index contributed by atoms with van der Waals surface area (Å²) in [5.41, 5.74) is 1.64. The van der Waals surface area contributed by atoms with Crippen molar-refractivity contribution >= 4 is 33.4 Å². The zero-order chi connectivity index (χ0) is 20.3. The largest absolute Gasteiger partial charge is 0.493 e. The van der Waals surface area contributed by atoms with E-state index >= 15 is 0 Å². The highest BCUT2D eigenvalue weighted by Crippen LogP contribution is 2.33. The molecule has 1 fully saturated rings. The van der Waals surface area contributed by atoms with Crippen molar-refractivity contribution in [1.29, 1.82) is 0 Å². The number of anilines is 1. The van der Waals surface area contributed by atoms with E-state index in [1.165, 1.54) is 0 Å². The maximum absolute atomic E-state index is 13.0. The Kier molecular flexibility index (Phi) is 6.24. The van der Waals surface area contributed by atoms with Crippen molar-refractivity contribution < 1.29 is 19.1 Å². The minimum atomic E-state index is -0.374. The molecule has 0 saturated carbocycles. The van der Waals surface area contributed by atoms with E-state index in [2.05, 4.69) is 15.9 Å². The number of hydrogen-bond donors (Lipinski definition) is 0. The average molecular weight is 447 g/mol. The first-order valence-electron chi connectivity index (χ1n) is 8.96. The fourth-order valence-corrected chi connectivity index (χ4v) is 4.00. The van der Waals surface area contributed by atoms with Crippen molar-refractivity contribution in [2.75, 3.05) is 32.7 Å². The molecule has 1 atom stereocenters. The average Bonchev–Trinajstić information content (AvgIpc) is 3.08. The summed E-state index contributed by atoms with van der Waals surface area (Å²) in [4.78, 5) is 28.8. The SMILES string of the molecule is COc1cccc(CN(C)C(=O)[C@@H]2CC(=O)N(c3ccccc3Br)C2)c1OC. The van der Waals surface area contributed by atoms with Crippen LogP contribution < -0.4 is 14.4 Å². The van der Waals surface area contributed by atoms with Crippen LogP contribution in [0, 0.1) is 5.92 Å². The van der Waals surface area contributed by atoms with Crippen molar-refractivity contribution in [3.05, 3.63) is 52.5 Å². The van der Waals surface area contributed by atoms with Crippen molar-refractivity contribution in [2.24, 2.45) is 5.92 Å². The van der Waals surface area contributed by atoms with E-state index in [0.717, 1.165) is 15.7 Å².